The van der Waals surface area contributed by atoms with Crippen LogP contribution in [-0.2, 0) is 66.1 Å². The summed E-state index contributed by atoms with van der Waals surface area (Å²) >= 11 is 0. The second kappa shape index (κ2) is 31.2. The summed E-state index contributed by atoms with van der Waals surface area (Å²) in [5.41, 5.74) is 9.52. The molecule has 6 aromatic carbocycles. The molecule has 1 spiro atoms. The second-order valence-corrected chi connectivity index (χ2v) is 28.0. The van der Waals surface area contributed by atoms with Crippen LogP contribution in [0.5, 0.6) is 17.2 Å². The Morgan fingerprint density at radius 3 is 2.16 bits per heavy atom. The van der Waals surface area contributed by atoms with Crippen molar-refractivity contribution in [3.8, 4) is 29.1 Å². The number of hydrogen-bond donors (Lipinski definition) is 4. The number of anilines is 2. The highest BCUT2D eigenvalue weighted by atomic mass is 16.6. The minimum atomic E-state index is -1.44. The van der Waals surface area contributed by atoms with E-state index in [0.717, 1.165) is 64.0 Å². The van der Waals surface area contributed by atoms with Crippen LogP contribution in [0.15, 0.2) is 128 Å². The van der Waals surface area contributed by atoms with Gasteiger partial charge >= 0.3 is 6.09 Å². The summed E-state index contributed by atoms with van der Waals surface area (Å²) in [4.78, 5) is 129. The third-order valence-corrected chi connectivity index (χ3v) is 20.5. The lowest BCUT2D eigenvalue weighted by Gasteiger charge is -2.31. The molecule has 2 fully saturated rings. The van der Waals surface area contributed by atoms with E-state index in [-0.39, 0.29) is 129 Å². The number of carbonyl (C=O) groups is 9. The van der Waals surface area contributed by atoms with E-state index < -0.39 is 47.9 Å². The van der Waals surface area contributed by atoms with E-state index in [1.165, 1.54) is 7.11 Å². The monoisotopic (exact) mass is 1380 g/mol. The fraction of sp³-hybridized carbons (Fsp3) is 0.395. The number of benzene rings is 6. The molecular weight excluding hydrogens is 1300 g/mol. The Labute approximate surface area is 593 Å². The maximum Gasteiger partial charge on any atom is 0.416 e. The lowest BCUT2D eigenvalue weighted by atomic mass is 9.89. The van der Waals surface area contributed by atoms with Crippen molar-refractivity contribution in [3.05, 3.63) is 189 Å². The average Bonchev–Trinajstić information content (AvgIpc) is 1.57. The van der Waals surface area contributed by atoms with E-state index in [0.29, 0.717) is 83.1 Å². The van der Waals surface area contributed by atoms with Gasteiger partial charge in [-0.3, -0.25) is 38.4 Å². The van der Waals surface area contributed by atoms with E-state index in [2.05, 4.69) is 22.5 Å². The number of ketones is 3. The van der Waals surface area contributed by atoms with Gasteiger partial charge in [0.15, 0.2) is 29.3 Å². The Hall–Kier alpha value is -10.4. The van der Waals surface area contributed by atoms with Crippen LogP contribution in [0.3, 0.4) is 0 Å². The minimum Gasteiger partial charge on any atom is -0.493 e. The van der Waals surface area contributed by atoms with Gasteiger partial charge in [-0.25, -0.2) is 9.69 Å². The number of carbonyl (C=O) groups excluding carboxylic acids is 9. The van der Waals surface area contributed by atoms with E-state index >= 15 is 0 Å². The number of nitrogens with one attached hydrogen (secondary N) is 2. The summed E-state index contributed by atoms with van der Waals surface area (Å²) in [7, 11) is 1.53. The Morgan fingerprint density at radius 1 is 0.725 bits per heavy atom. The topological polar surface area (TPSA) is 268 Å². The molecule has 5 aliphatic heterocycles. The van der Waals surface area contributed by atoms with Crippen molar-refractivity contribution < 1.29 is 72.3 Å². The Bertz CT molecular complexity index is 4360. The number of para-hydroxylation sites is 1. The minimum absolute atomic E-state index is 0.000222. The van der Waals surface area contributed by atoms with Crippen LogP contribution in [-0.4, -0.2) is 131 Å². The SMILES string of the molecule is COc1cc2c(cc1OCCCOc1cc3c(cc1C)C(=O)N1CC4(CC4)C[C@H]1C(O)N3C(=O)OCc1ccc(CC(=O)[C@H](C)NC(=O)[C@@H](CC(=O)CNC(=O)CCC(=O)CCC(=O)N3Cc4ccccc4C#Cc4ccccc43)C(C)C)cc1)CC[C@@H]1CC(c3ccc(CO)cc3)=CN1C2=O. The summed E-state index contributed by atoms with van der Waals surface area (Å²) in [6, 6.07) is 34.9. The van der Waals surface area contributed by atoms with Crippen LogP contribution in [0.25, 0.3) is 5.57 Å². The van der Waals surface area contributed by atoms with Crippen LogP contribution in [0.1, 0.15) is 162 Å². The van der Waals surface area contributed by atoms with Gasteiger partial charge in [0.1, 0.15) is 18.1 Å². The highest BCUT2D eigenvalue weighted by molar-refractivity contribution is 6.06. The first-order valence-corrected chi connectivity index (χ1v) is 35.2. The number of amides is 6. The average molecular weight is 1380 g/mol. The van der Waals surface area contributed by atoms with Gasteiger partial charge in [-0.1, -0.05) is 105 Å². The molecule has 0 radical (unpaired) electrons. The molecule has 6 aliphatic rings. The predicted octanol–water partition coefficient (Wildman–Crippen LogP) is 10.1. The van der Waals surface area contributed by atoms with Crippen molar-refractivity contribution in [2.45, 2.75) is 155 Å². The van der Waals surface area contributed by atoms with Gasteiger partial charge in [-0.2, -0.15) is 0 Å². The van der Waals surface area contributed by atoms with Crippen molar-refractivity contribution in [1.82, 2.24) is 20.4 Å². The van der Waals surface area contributed by atoms with Gasteiger partial charge in [-0.15, -0.1) is 0 Å². The number of aryl methyl sites for hydroxylation is 2. The normalized spacial score (nSPS) is 18.0. The van der Waals surface area contributed by atoms with E-state index in [1.54, 1.807) is 73.0 Å². The molecule has 21 nitrogen and oxygen atoms in total. The highest BCUT2D eigenvalue weighted by Gasteiger charge is 2.58. The van der Waals surface area contributed by atoms with Crippen LogP contribution < -0.4 is 34.6 Å². The van der Waals surface area contributed by atoms with Crippen molar-refractivity contribution in [3.63, 3.8) is 0 Å². The molecule has 102 heavy (non-hydrogen) atoms. The summed E-state index contributed by atoms with van der Waals surface area (Å²) in [6.45, 7) is 7.52. The Balaban J connectivity index is 0.599. The lowest BCUT2D eigenvalue weighted by molar-refractivity contribution is -0.133. The van der Waals surface area contributed by atoms with Gasteiger partial charge in [-0.05, 0) is 145 Å². The van der Waals surface area contributed by atoms with E-state index in [9.17, 15) is 53.4 Å². The van der Waals surface area contributed by atoms with Gasteiger partial charge < -0.3 is 54.5 Å². The number of ether oxygens (including phenoxy) is 4. The van der Waals surface area contributed by atoms with Crippen molar-refractivity contribution in [2.24, 2.45) is 17.3 Å². The lowest BCUT2D eigenvalue weighted by Crippen LogP contribution is -2.50. The standard InChI is InChI=1S/C81H86N6O15/c1-49(2)64(39-63(90)43-82-74(92)29-27-62(89)28-30-75(93)85-44-59-13-7-6-11-55(59)23-24-57-12-8-9-14-67(57)85)76(94)83-51(4)70(91)36-52-15-17-54(18-16-52)47-102-80(98)87-68-41-71(50(3)35-66(68)78(96)86-48-81(31-32-81)42-69(86)79(87)97)100-33-10-34-101-73-38-58-25-26-61-37-60(56-21-19-53(46-88)20-22-56)45-84(61)77(95)65(58)40-72(73)99-5/h6-9,11-22,35,38,40-41,45,49,51,61,64,69,79,88,97H,10,25-34,36-37,39,42-44,46-48H2,1-5H3,(H,82,92)(H,83,94)/t51-,61+,64-,69-,79?/m0/s1. The van der Waals surface area contributed by atoms with Gasteiger partial charge in [0.25, 0.3) is 11.8 Å². The molecule has 530 valence electrons. The molecule has 21 heteroatoms. The van der Waals surface area contributed by atoms with E-state index in [4.69, 9.17) is 18.9 Å². The molecule has 4 N–H and O–H groups in total. The first-order chi connectivity index (χ1) is 49.2. The zero-order chi connectivity index (χ0) is 71.9. The smallest absolute Gasteiger partial charge is 0.416 e. The first kappa shape index (κ1) is 71.4. The Morgan fingerprint density at radius 2 is 1.42 bits per heavy atom. The van der Waals surface area contributed by atoms with Gasteiger partial charge in [0, 0.05) is 92.4 Å². The molecule has 6 aromatic rings. The molecule has 0 aromatic heterocycles. The molecule has 12 rings (SSSR count). The molecular formula is C81H86N6O15. The van der Waals surface area contributed by atoms with Crippen LogP contribution in [0, 0.1) is 36.0 Å². The van der Waals surface area contributed by atoms with Crippen LogP contribution >= 0.6 is 0 Å². The van der Waals surface area contributed by atoms with Crippen molar-refractivity contribution >= 4 is 69.9 Å². The van der Waals surface area contributed by atoms with Gasteiger partial charge in [0.2, 0.25) is 17.7 Å². The third-order valence-electron chi connectivity index (χ3n) is 20.5. The molecule has 6 amide bonds. The van der Waals surface area contributed by atoms with Gasteiger partial charge in [0.05, 0.1) is 69.0 Å². The number of hydrogen-bond acceptors (Lipinski definition) is 15. The van der Waals surface area contributed by atoms with Crippen molar-refractivity contribution in [2.75, 3.05) is 43.2 Å². The zero-order valence-corrected chi connectivity index (χ0v) is 58.2. The summed E-state index contributed by atoms with van der Waals surface area (Å²) in [5.74, 6) is 3.91. The zero-order valence-electron chi connectivity index (χ0n) is 58.2. The summed E-state index contributed by atoms with van der Waals surface area (Å²) in [6.07, 6.45) is 3.86. The number of fused-ring (bicyclic) bond motifs is 6. The first-order valence-electron chi connectivity index (χ1n) is 35.2. The fourth-order valence-corrected chi connectivity index (χ4v) is 14.3. The highest BCUT2D eigenvalue weighted by Crippen LogP contribution is 2.57. The number of nitrogens with zero attached hydrogens (tertiary/aromatic N) is 4. The van der Waals surface area contributed by atoms with Crippen LogP contribution in [0.2, 0.25) is 0 Å². The summed E-state index contributed by atoms with van der Waals surface area (Å²) < 4.78 is 24.3. The fourth-order valence-electron chi connectivity index (χ4n) is 14.3. The quantitative estimate of drug-likeness (QED) is 0.0276. The van der Waals surface area contributed by atoms with E-state index in [1.807, 2.05) is 96.9 Å². The molecule has 5 heterocycles. The van der Waals surface area contributed by atoms with Crippen LogP contribution in [0.4, 0.5) is 16.2 Å². The predicted molar refractivity (Wildman–Crippen MR) is 380 cm³/mol. The van der Waals surface area contributed by atoms with Crippen molar-refractivity contribution in [1.29, 1.82) is 0 Å². The molecule has 1 saturated carbocycles. The summed E-state index contributed by atoms with van der Waals surface area (Å²) in [5, 5.41) is 27.0. The molecule has 0 bridgehead atoms. The third kappa shape index (κ3) is 16.2. The number of rotatable bonds is 27. The molecule has 1 aliphatic carbocycles. The maximum atomic E-state index is 14.5. The second-order valence-electron chi connectivity index (χ2n) is 28.0. The largest absolute Gasteiger partial charge is 0.493 e. The maximum absolute atomic E-state index is 14.5. The number of Topliss-reactive ketones (excluding diaryl/α,β-unsaturated/α-hetero) is 3. The molecule has 1 unspecified atom stereocenters. The number of methoxy groups -OCH3 is 1. The Kier molecular flexibility index (Phi) is 21.9. The molecule has 1 saturated heterocycles. The number of aliphatic hydroxyl groups is 2. The molecule has 5 atom stereocenters. The number of aliphatic hydroxyl groups excluding tert-OH is 2.